The third kappa shape index (κ3) is 3.92. The number of urea groups is 1. The van der Waals surface area contributed by atoms with Gasteiger partial charge in [-0.05, 0) is 36.2 Å². The maximum atomic E-state index is 13.0. The van der Waals surface area contributed by atoms with Gasteiger partial charge >= 0.3 is 12.2 Å². The van der Waals surface area contributed by atoms with E-state index in [1.807, 2.05) is 24.3 Å². The molecule has 26 heavy (non-hydrogen) atoms. The highest BCUT2D eigenvalue weighted by Crippen LogP contribution is 2.35. The summed E-state index contributed by atoms with van der Waals surface area (Å²) >= 11 is 0. The number of nitrogens with zero attached hydrogens (tertiary/aromatic N) is 1. The number of rotatable bonds is 3. The minimum Gasteiger partial charge on any atom is -0.497 e. The van der Waals surface area contributed by atoms with E-state index in [-0.39, 0.29) is 11.6 Å². The summed E-state index contributed by atoms with van der Waals surface area (Å²) < 4.78 is 44.3. The van der Waals surface area contributed by atoms with Gasteiger partial charge in [-0.3, -0.25) is 0 Å². The van der Waals surface area contributed by atoms with Crippen LogP contribution < -0.4 is 10.1 Å². The summed E-state index contributed by atoms with van der Waals surface area (Å²) in [6.07, 6.45) is -3.75. The van der Waals surface area contributed by atoms with E-state index < -0.39 is 17.8 Å². The van der Waals surface area contributed by atoms with Crippen molar-refractivity contribution in [2.45, 2.75) is 18.5 Å². The van der Waals surface area contributed by atoms with Crippen molar-refractivity contribution in [2.75, 3.05) is 25.5 Å². The molecule has 0 saturated carbocycles. The van der Waals surface area contributed by atoms with E-state index in [2.05, 4.69) is 5.32 Å². The molecule has 0 aromatic heterocycles. The van der Waals surface area contributed by atoms with Crippen LogP contribution in [0, 0.1) is 0 Å². The van der Waals surface area contributed by atoms with Crippen LogP contribution in [-0.4, -0.2) is 31.1 Å². The van der Waals surface area contributed by atoms with Gasteiger partial charge in [-0.2, -0.15) is 13.2 Å². The summed E-state index contributed by atoms with van der Waals surface area (Å²) in [4.78, 5) is 13.9. The largest absolute Gasteiger partial charge is 0.497 e. The van der Waals surface area contributed by atoms with E-state index in [4.69, 9.17) is 4.74 Å². The first-order valence-corrected chi connectivity index (χ1v) is 8.24. The highest BCUT2D eigenvalue weighted by Gasteiger charge is 2.34. The lowest BCUT2D eigenvalue weighted by Crippen LogP contribution is -2.33. The zero-order valence-corrected chi connectivity index (χ0v) is 14.2. The van der Waals surface area contributed by atoms with Gasteiger partial charge in [0.15, 0.2) is 0 Å². The maximum absolute atomic E-state index is 13.0. The molecule has 2 aromatic rings. The molecule has 0 spiro atoms. The summed E-state index contributed by atoms with van der Waals surface area (Å²) in [6, 6.07) is 12.1. The van der Waals surface area contributed by atoms with Gasteiger partial charge in [0.2, 0.25) is 0 Å². The molecule has 1 heterocycles. The number of benzene rings is 2. The van der Waals surface area contributed by atoms with Gasteiger partial charge in [-0.1, -0.05) is 24.3 Å². The Morgan fingerprint density at radius 3 is 2.50 bits per heavy atom. The molecule has 1 atom stereocenters. The Bertz CT molecular complexity index is 775. The van der Waals surface area contributed by atoms with Gasteiger partial charge < -0.3 is 15.0 Å². The monoisotopic (exact) mass is 364 g/mol. The third-order valence-corrected chi connectivity index (χ3v) is 4.54. The lowest BCUT2D eigenvalue weighted by Gasteiger charge is -2.19. The molecule has 0 bridgehead atoms. The summed E-state index contributed by atoms with van der Waals surface area (Å²) in [6.45, 7) is 0.961. The Balaban J connectivity index is 1.67. The highest BCUT2D eigenvalue weighted by atomic mass is 19.4. The van der Waals surface area contributed by atoms with Crippen molar-refractivity contribution in [3.8, 4) is 5.75 Å². The molecule has 138 valence electrons. The van der Waals surface area contributed by atoms with Crippen LogP contribution in [0.3, 0.4) is 0 Å². The number of amides is 2. The van der Waals surface area contributed by atoms with Crippen LogP contribution in [0.1, 0.15) is 23.5 Å². The van der Waals surface area contributed by atoms with Crippen molar-refractivity contribution in [1.82, 2.24) is 4.90 Å². The predicted molar refractivity (Wildman–Crippen MR) is 92.4 cm³/mol. The Morgan fingerprint density at radius 1 is 1.15 bits per heavy atom. The molecule has 1 fully saturated rings. The van der Waals surface area contributed by atoms with Crippen LogP contribution in [-0.2, 0) is 6.18 Å². The van der Waals surface area contributed by atoms with Gasteiger partial charge in [-0.15, -0.1) is 0 Å². The van der Waals surface area contributed by atoms with Crippen LogP contribution in [0.15, 0.2) is 48.5 Å². The quantitative estimate of drug-likeness (QED) is 0.855. The van der Waals surface area contributed by atoms with Gasteiger partial charge in [-0.25, -0.2) is 4.79 Å². The third-order valence-electron chi connectivity index (χ3n) is 4.54. The van der Waals surface area contributed by atoms with Gasteiger partial charge in [0.25, 0.3) is 0 Å². The average Bonchev–Trinajstić information content (AvgIpc) is 3.11. The van der Waals surface area contributed by atoms with Crippen molar-refractivity contribution in [3.63, 3.8) is 0 Å². The van der Waals surface area contributed by atoms with E-state index in [0.717, 1.165) is 23.8 Å². The molecule has 2 aromatic carbocycles. The SMILES string of the molecule is COc1ccc(C2CCN(C(=O)Nc3ccccc3C(F)(F)F)C2)cc1. The lowest BCUT2D eigenvalue weighted by molar-refractivity contribution is -0.136. The molecular weight excluding hydrogens is 345 g/mol. The second-order valence-electron chi connectivity index (χ2n) is 6.18. The first kappa shape index (κ1) is 18.1. The average molecular weight is 364 g/mol. The van der Waals surface area contributed by atoms with Gasteiger partial charge in [0.05, 0.1) is 18.4 Å². The fourth-order valence-electron chi connectivity index (χ4n) is 3.13. The number of alkyl halides is 3. The van der Waals surface area contributed by atoms with Crippen LogP contribution in [0.25, 0.3) is 0 Å². The smallest absolute Gasteiger partial charge is 0.418 e. The van der Waals surface area contributed by atoms with E-state index >= 15 is 0 Å². The second kappa shape index (κ2) is 7.27. The number of ether oxygens (including phenoxy) is 1. The van der Waals surface area contributed by atoms with E-state index in [0.29, 0.717) is 13.1 Å². The number of carbonyl (C=O) groups is 1. The summed E-state index contributed by atoms with van der Waals surface area (Å²) in [5, 5.41) is 2.40. The summed E-state index contributed by atoms with van der Waals surface area (Å²) in [7, 11) is 1.59. The van der Waals surface area contributed by atoms with Crippen LogP contribution in [0.5, 0.6) is 5.75 Å². The van der Waals surface area contributed by atoms with Crippen molar-refractivity contribution < 1.29 is 22.7 Å². The van der Waals surface area contributed by atoms with Crippen molar-refractivity contribution in [1.29, 1.82) is 0 Å². The fourth-order valence-corrected chi connectivity index (χ4v) is 3.13. The molecule has 1 unspecified atom stereocenters. The second-order valence-corrected chi connectivity index (χ2v) is 6.18. The first-order chi connectivity index (χ1) is 12.4. The van der Waals surface area contributed by atoms with Gasteiger partial charge in [0.1, 0.15) is 5.75 Å². The molecule has 1 N–H and O–H groups in total. The zero-order chi connectivity index (χ0) is 18.7. The molecule has 4 nitrogen and oxygen atoms in total. The molecule has 3 rings (SSSR count). The molecular formula is C19H19F3N2O2. The van der Waals surface area contributed by atoms with Crippen molar-refractivity contribution in [3.05, 3.63) is 59.7 Å². The minimum absolute atomic E-state index is 0.157. The maximum Gasteiger partial charge on any atom is 0.418 e. The number of nitrogens with one attached hydrogen (secondary N) is 1. The molecule has 1 saturated heterocycles. The molecule has 0 aliphatic carbocycles. The summed E-state index contributed by atoms with van der Waals surface area (Å²) in [5.41, 5.74) is 0.00828. The summed E-state index contributed by atoms with van der Waals surface area (Å²) in [5.74, 6) is 0.912. The number of para-hydroxylation sites is 1. The Kier molecular flexibility index (Phi) is 5.06. The Hall–Kier alpha value is -2.70. The first-order valence-electron chi connectivity index (χ1n) is 8.24. The number of carbonyl (C=O) groups excluding carboxylic acids is 1. The molecule has 1 aliphatic heterocycles. The van der Waals surface area contributed by atoms with E-state index in [1.54, 1.807) is 12.0 Å². The van der Waals surface area contributed by atoms with Crippen LogP contribution in [0.4, 0.5) is 23.7 Å². The highest BCUT2D eigenvalue weighted by molar-refractivity contribution is 5.90. The normalized spacial score (nSPS) is 17.2. The molecule has 1 aliphatic rings. The van der Waals surface area contributed by atoms with Crippen molar-refractivity contribution >= 4 is 11.7 Å². The lowest BCUT2D eigenvalue weighted by atomic mass is 9.98. The number of hydrogen-bond donors (Lipinski definition) is 1. The number of halogens is 3. The van der Waals surface area contributed by atoms with Crippen LogP contribution in [0.2, 0.25) is 0 Å². The fraction of sp³-hybridized carbons (Fsp3) is 0.316. The van der Waals surface area contributed by atoms with E-state index in [9.17, 15) is 18.0 Å². The number of methoxy groups -OCH3 is 1. The molecule has 7 heteroatoms. The van der Waals surface area contributed by atoms with E-state index in [1.165, 1.54) is 18.2 Å². The zero-order valence-electron chi connectivity index (χ0n) is 14.2. The number of likely N-dealkylation sites (tertiary alicyclic amines) is 1. The van der Waals surface area contributed by atoms with Crippen LogP contribution >= 0.6 is 0 Å². The standard InChI is InChI=1S/C19H19F3N2O2/c1-26-15-8-6-13(7-9-15)14-10-11-24(12-14)18(25)23-17-5-3-2-4-16(17)19(20,21)22/h2-9,14H,10-12H2,1H3,(H,23,25). The Labute approximate surface area is 149 Å². The number of hydrogen-bond acceptors (Lipinski definition) is 2. The number of anilines is 1. The topological polar surface area (TPSA) is 41.6 Å². The molecule has 0 radical (unpaired) electrons. The Morgan fingerprint density at radius 2 is 1.85 bits per heavy atom. The van der Waals surface area contributed by atoms with Gasteiger partial charge in [0, 0.05) is 19.0 Å². The van der Waals surface area contributed by atoms with Crippen molar-refractivity contribution in [2.24, 2.45) is 0 Å². The predicted octanol–water partition coefficient (Wildman–Crippen LogP) is 4.74. The molecule has 2 amide bonds. The minimum atomic E-state index is -4.51.